The third kappa shape index (κ3) is 6.06. The van der Waals surface area contributed by atoms with Gasteiger partial charge in [0.15, 0.2) is 0 Å². The molecule has 1 saturated heterocycles. The van der Waals surface area contributed by atoms with Crippen LogP contribution in [0.1, 0.15) is 45.1 Å². The summed E-state index contributed by atoms with van der Waals surface area (Å²) in [6, 6.07) is 9.02. The first-order valence-electron chi connectivity index (χ1n) is 11.1. The maximum atomic E-state index is 12.9. The molecule has 32 heavy (non-hydrogen) atoms. The van der Waals surface area contributed by atoms with Crippen LogP contribution in [0.25, 0.3) is 0 Å². The van der Waals surface area contributed by atoms with E-state index in [1.54, 1.807) is 18.7 Å². The second-order valence-corrected chi connectivity index (χ2v) is 9.13. The number of carbonyl (C=O) groups is 4. The van der Waals surface area contributed by atoms with Crippen molar-refractivity contribution < 1.29 is 24.3 Å². The molecule has 3 N–H and O–H groups in total. The summed E-state index contributed by atoms with van der Waals surface area (Å²) in [7, 11) is 0. The maximum Gasteiger partial charge on any atom is 0.325 e. The number of hydrogen-bond donors (Lipinski definition) is 3. The SMILES string of the molecule is CC1(C)NC(=O)N(CC(=O)NCCN(Cc2ccccc2)C(=O)CC2CCC(O)C2)C1=O. The zero-order valence-electron chi connectivity index (χ0n) is 18.7. The minimum atomic E-state index is -1.02. The monoisotopic (exact) mass is 444 g/mol. The lowest BCUT2D eigenvalue weighted by molar-refractivity contribution is -0.134. The number of aliphatic hydroxyl groups is 1. The van der Waals surface area contributed by atoms with Gasteiger partial charge in [0.25, 0.3) is 5.91 Å². The second kappa shape index (κ2) is 10.1. The normalized spacial score (nSPS) is 22.0. The van der Waals surface area contributed by atoms with E-state index in [0.717, 1.165) is 23.3 Å². The van der Waals surface area contributed by atoms with Crippen LogP contribution < -0.4 is 10.6 Å². The quantitative estimate of drug-likeness (QED) is 0.491. The molecule has 0 aromatic heterocycles. The molecule has 1 aromatic rings. The molecule has 9 heteroatoms. The van der Waals surface area contributed by atoms with Gasteiger partial charge in [-0.05, 0) is 44.6 Å². The molecule has 0 spiro atoms. The van der Waals surface area contributed by atoms with E-state index in [4.69, 9.17) is 0 Å². The molecule has 3 rings (SSSR count). The number of nitrogens with zero attached hydrogens (tertiary/aromatic N) is 2. The number of imide groups is 1. The molecule has 1 heterocycles. The molecule has 0 bridgehead atoms. The summed E-state index contributed by atoms with van der Waals surface area (Å²) in [5.41, 5.74) is -0.0374. The fourth-order valence-electron chi connectivity index (χ4n) is 4.20. The number of urea groups is 1. The Morgan fingerprint density at radius 2 is 1.94 bits per heavy atom. The number of amides is 5. The highest BCUT2D eigenvalue weighted by atomic mass is 16.3. The van der Waals surface area contributed by atoms with Gasteiger partial charge in [0.1, 0.15) is 12.1 Å². The second-order valence-electron chi connectivity index (χ2n) is 9.13. The third-order valence-electron chi connectivity index (χ3n) is 6.00. The van der Waals surface area contributed by atoms with Crippen molar-refractivity contribution in [1.82, 2.24) is 20.4 Å². The Bertz CT molecular complexity index is 857. The molecule has 0 radical (unpaired) electrons. The summed E-state index contributed by atoms with van der Waals surface area (Å²) in [6.45, 7) is 3.74. The average Bonchev–Trinajstić information content (AvgIpc) is 3.22. The smallest absolute Gasteiger partial charge is 0.325 e. The molecule has 2 unspecified atom stereocenters. The molecule has 174 valence electrons. The van der Waals surface area contributed by atoms with Crippen molar-refractivity contribution >= 4 is 23.8 Å². The minimum Gasteiger partial charge on any atom is -0.393 e. The maximum absolute atomic E-state index is 12.9. The first kappa shape index (κ1) is 23.7. The Balaban J connectivity index is 1.53. The van der Waals surface area contributed by atoms with Crippen LogP contribution in [-0.2, 0) is 20.9 Å². The number of rotatable bonds is 9. The zero-order valence-corrected chi connectivity index (χ0v) is 18.7. The standard InChI is InChI=1S/C23H32N4O5/c1-23(2)21(31)27(22(32)25-23)15-19(29)24-10-11-26(14-16-6-4-3-5-7-16)20(30)13-17-8-9-18(28)12-17/h3-7,17-18,28H,8-15H2,1-2H3,(H,24,29)(H,25,32). The number of benzene rings is 1. The topological polar surface area (TPSA) is 119 Å². The van der Waals surface area contributed by atoms with Gasteiger partial charge < -0.3 is 20.6 Å². The lowest BCUT2D eigenvalue weighted by Gasteiger charge is -2.25. The Kier molecular flexibility index (Phi) is 7.50. The predicted molar refractivity (Wildman–Crippen MR) is 117 cm³/mol. The van der Waals surface area contributed by atoms with Crippen LogP contribution in [0.3, 0.4) is 0 Å². The summed E-state index contributed by atoms with van der Waals surface area (Å²) in [5, 5.41) is 15.0. The first-order chi connectivity index (χ1) is 15.2. The lowest BCUT2D eigenvalue weighted by atomic mass is 10.0. The van der Waals surface area contributed by atoms with E-state index in [1.165, 1.54) is 0 Å². The number of carbonyl (C=O) groups excluding carboxylic acids is 4. The van der Waals surface area contributed by atoms with Crippen LogP contribution >= 0.6 is 0 Å². The summed E-state index contributed by atoms with van der Waals surface area (Å²) in [6.07, 6.45) is 2.25. The van der Waals surface area contributed by atoms with Crippen LogP contribution in [0.5, 0.6) is 0 Å². The van der Waals surface area contributed by atoms with Crippen molar-refractivity contribution in [2.45, 2.75) is 57.7 Å². The fraction of sp³-hybridized carbons (Fsp3) is 0.565. The first-order valence-corrected chi connectivity index (χ1v) is 11.1. The summed E-state index contributed by atoms with van der Waals surface area (Å²) in [5.74, 6) is -0.749. The summed E-state index contributed by atoms with van der Waals surface area (Å²) >= 11 is 0. The van der Waals surface area contributed by atoms with E-state index in [2.05, 4.69) is 10.6 Å². The Morgan fingerprint density at radius 3 is 2.53 bits per heavy atom. The minimum absolute atomic E-state index is 0.0157. The Labute approximate surface area is 188 Å². The lowest BCUT2D eigenvalue weighted by Crippen LogP contribution is -2.45. The van der Waals surface area contributed by atoms with Crippen molar-refractivity contribution in [1.29, 1.82) is 0 Å². The molecule has 1 aliphatic carbocycles. The van der Waals surface area contributed by atoms with Crippen LogP contribution in [0.15, 0.2) is 30.3 Å². The van der Waals surface area contributed by atoms with Gasteiger partial charge in [-0.25, -0.2) is 4.79 Å². The molecule has 5 amide bonds. The number of hydrogen-bond acceptors (Lipinski definition) is 5. The Morgan fingerprint density at radius 1 is 1.22 bits per heavy atom. The van der Waals surface area contributed by atoms with E-state index in [1.807, 2.05) is 30.3 Å². The average molecular weight is 445 g/mol. The highest BCUT2D eigenvalue weighted by Gasteiger charge is 2.44. The van der Waals surface area contributed by atoms with Gasteiger partial charge in [0, 0.05) is 26.1 Å². The van der Waals surface area contributed by atoms with E-state index in [-0.39, 0.29) is 31.0 Å². The molecule has 1 aliphatic heterocycles. The highest BCUT2D eigenvalue weighted by molar-refractivity contribution is 6.08. The van der Waals surface area contributed by atoms with Gasteiger partial charge in [-0.15, -0.1) is 0 Å². The Hall–Kier alpha value is -2.94. The van der Waals surface area contributed by atoms with Crippen LogP contribution in [0.4, 0.5) is 4.79 Å². The molecule has 9 nitrogen and oxygen atoms in total. The fourth-order valence-corrected chi connectivity index (χ4v) is 4.20. The number of aliphatic hydroxyl groups excluding tert-OH is 1. The summed E-state index contributed by atoms with van der Waals surface area (Å²) in [4.78, 5) is 52.0. The van der Waals surface area contributed by atoms with Crippen LogP contribution in [-0.4, -0.2) is 69.9 Å². The van der Waals surface area contributed by atoms with Gasteiger partial charge >= 0.3 is 6.03 Å². The van der Waals surface area contributed by atoms with Crippen molar-refractivity contribution in [3.8, 4) is 0 Å². The molecule has 1 aromatic carbocycles. The predicted octanol–water partition coefficient (Wildman–Crippen LogP) is 1.01. The van der Waals surface area contributed by atoms with Crippen molar-refractivity contribution in [2.24, 2.45) is 5.92 Å². The summed E-state index contributed by atoms with van der Waals surface area (Å²) < 4.78 is 0. The molecular weight excluding hydrogens is 412 g/mol. The zero-order chi connectivity index (χ0) is 23.3. The highest BCUT2D eigenvalue weighted by Crippen LogP contribution is 2.28. The van der Waals surface area contributed by atoms with E-state index >= 15 is 0 Å². The third-order valence-corrected chi connectivity index (χ3v) is 6.00. The van der Waals surface area contributed by atoms with Crippen molar-refractivity contribution in [2.75, 3.05) is 19.6 Å². The molecule has 2 fully saturated rings. The van der Waals surface area contributed by atoms with Crippen LogP contribution in [0, 0.1) is 5.92 Å². The van der Waals surface area contributed by atoms with Gasteiger partial charge in [-0.2, -0.15) is 0 Å². The van der Waals surface area contributed by atoms with Gasteiger partial charge in [-0.1, -0.05) is 30.3 Å². The van der Waals surface area contributed by atoms with Gasteiger partial charge in [0.2, 0.25) is 11.8 Å². The van der Waals surface area contributed by atoms with Crippen molar-refractivity contribution in [3.05, 3.63) is 35.9 Å². The van der Waals surface area contributed by atoms with E-state index in [0.29, 0.717) is 25.9 Å². The molecule has 1 saturated carbocycles. The largest absolute Gasteiger partial charge is 0.393 e. The van der Waals surface area contributed by atoms with Crippen molar-refractivity contribution in [3.63, 3.8) is 0 Å². The molecule has 2 aliphatic rings. The van der Waals surface area contributed by atoms with Gasteiger partial charge in [0.05, 0.1) is 6.10 Å². The van der Waals surface area contributed by atoms with E-state index < -0.39 is 23.4 Å². The van der Waals surface area contributed by atoms with E-state index in [9.17, 15) is 24.3 Å². The van der Waals surface area contributed by atoms with Crippen LogP contribution in [0.2, 0.25) is 0 Å². The molecule has 2 atom stereocenters. The number of nitrogens with one attached hydrogen (secondary N) is 2. The molecular formula is C23H32N4O5. The van der Waals surface area contributed by atoms with Gasteiger partial charge in [-0.3, -0.25) is 19.3 Å².